The van der Waals surface area contributed by atoms with E-state index in [1.54, 1.807) is 24.3 Å². The number of rotatable bonds is 3. The highest BCUT2D eigenvalue weighted by Gasteiger charge is 2.47. The Bertz CT molecular complexity index is 676. The van der Waals surface area contributed by atoms with Gasteiger partial charge in [-0.25, -0.2) is 0 Å². The molecule has 3 atom stereocenters. The summed E-state index contributed by atoms with van der Waals surface area (Å²) < 4.78 is 30.8. The Morgan fingerprint density at radius 1 is 1.10 bits per heavy atom. The predicted octanol–water partition coefficient (Wildman–Crippen LogP) is 3.68. The summed E-state index contributed by atoms with van der Waals surface area (Å²) in [5, 5.41) is 0. The van der Waals surface area contributed by atoms with Gasteiger partial charge in [0, 0.05) is 10.4 Å². The molecule has 3 nitrogen and oxygen atoms in total. The molecule has 3 rings (SSSR count). The monoisotopic (exact) mass is 354 g/mol. The van der Waals surface area contributed by atoms with Gasteiger partial charge in [0.2, 0.25) is 0 Å². The van der Waals surface area contributed by atoms with Crippen LogP contribution in [-0.2, 0) is 14.3 Å². The van der Waals surface area contributed by atoms with E-state index in [0.717, 1.165) is 28.5 Å². The van der Waals surface area contributed by atoms with E-state index >= 15 is 0 Å². The summed E-state index contributed by atoms with van der Waals surface area (Å²) in [5.41, 5.74) is 2.02. The van der Waals surface area contributed by atoms with E-state index in [4.69, 9.17) is 4.18 Å². The topological polar surface area (TPSA) is 43.4 Å². The lowest BCUT2D eigenvalue weighted by atomic mass is 9.90. The maximum absolute atomic E-state index is 12.3. The van der Waals surface area contributed by atoms with Crippen molar-refractivity contribution in [1.82, 2.24) is 0 Å². The molecule has 2 saturated carbocycles. The Labute approximate surface area is 127 Å². The van der Waals surface area contributed by atoms with E-state index in [-0.39, 0.29) is 16.9 Å². The van der Waals surface area contributed by atoms with Crippen LogP contribution in [0.3, 0.4) is 0 Å². The lowest BCUT2D eigenvalue weighted by Gasteiger charge is -2.24. The van der Waals surface area contributed by atoms with Gasteiger partial charge in [-0.1, -0.05) is 29.1 Å². The molecule has 0 spiro atoms. The SMILES string of the molecule is C=C1C(=C)[C@@H]2C[C@H]1C[C@@H]2OS(=O)(=O)c1ccc(Br)cc1. The summed E-state index contributed by atoms with van der Waals surface area (Å²) in [5.74, 6) is 0.426. The highest BCUT2D eigenvalue weighted by Crippen LogP contribution is 2.51. The van der Waals surface area contributed by atoms with Gasteiger partial charge in [-0.3, -0.25) is 4.18 Å². The van der Waals surface area contributed by atoms with Crippen LogP contribution in [0.15, 0.2) is 57.9 Å². The minimum Gasteiger partial charge on any atom is -0.262 e. The molecule has 1 aromatic rings. The second kappa shape index (κ2) is 4.83. The van der Waals surface area contributed by atoms with Crippen LogP contribution in [0.5, 0.6) is 0 Å². The fourth-order valence-corrected chi connectivity index (χ4v) is 4.46. The molecule has 0 heterocycles. The summed E-state index contributed by atoms with van der Waals surface area (Å²) in [4.78, 5) is 0.188. The summed E-state index contributed by atoms with van der Waals surface area (Å²) >= 11 is 3.28. The molecular weight excluding hydrogens is 340 g/mol. The third kappa shape index (κ3) is 2.28. The van der Waals surface area contributed by atoms with E-state index in [0.29, 0.717) is 5.92 Å². The summed E-state index contributed by atoms with van der Waals surface area (Å²) in [6.07, 6.45) is 1.34. The van der Waals surface area contributed by atoms with Crippen molar-refractivity contribution >= 4 is 26.0 Å². The molecule has 106 valence electrons. The molecule has 20 heavy (non-hydrogen) atoms. The first-order chi connectivity index (χ1) is 9.38. The Kier molecular flexibility index (Phi) is 3.39. The zero-order chi connectivity index (χ0) is 14.5. The van der Waals surface area contributed by atoms with Crippen LogP contribution >= 0.6 is 15.9 Å². The quantitative estimate of drug-likeness (QED) is 0.777. The second-order valence-electron chi connectivity index (χ2n) is 5.37. The normalized spacial score (nSPS) is 29.1. The first kappa shape index (κ1) is 14.0. The van der Waals surface area contributed by atoms with Crippen LogP contribution in [0.2, 0.25) is 0 Å². The largest absolute Gasteiger partial charge is 0.297 e. The van der Waals surface area contributed by atoms with Crippen molar-refractivity contribution in [1.29, 1.82) is 0 Å². The van der Waals surface area contributed by atoms with E-state index in [1.807, 2.05) is 0 Å². The number of allylic oxidation sites excluding steroid dienone is 1. The van der Waals surface area contributed by atoms with Crippen LogP contribution in [-0.4, -0.2) is 14.5 Å². The minimum absolute atomic E-state index is 0.0951. The first-order valence-corrected chi connectivity index (χ1v) is 8.65. The zero-order valence-electron chi connectivity index (χ0n) is 10.9. The maximum atomic E-state index is 12.3. The van der Waals surface area contributed by atoms with Crippen LogP contribution in [0, 0.1) is 11.8 Å². The molecule has 0 amide bonds. The van der Waals surface area contributed by atoms with Crippen molar-refractivity contribution in [2.24, 2.45) is 11.8 Å². The molecule has 0 unspecified atom stereocenters. The number of hydrogen-bond donors (Lipinski definition) is 0. The van der Waals surface area contributed by atoms with E-state index in [1.165, 1.54) is 0 Å². The molecule has 2 bridgehead atoms. The molecule has 5 heteroatoms. The van der Waals surface area contributed by atoms with Crippen LogP contribution in [0.25, 0.3) is 0 Å². The highest BCUT2D eigenvalue weighted by molar-refractivity contribution is 9.10. The summed E-state index contributed by atoms with van der Waals surface area (Å²) in [6.45, 7) is 8.01. The van der Waals surface area contributed by atoms with Gasteiger partial charge < -0.3 is 0 Å². The third-order valence-electron chi connectivity index (χ3n) is 4.21. The average Bonchev–Trinajstić information content (AvgIpc) is 2.90. The smallest absolute Gasteiger partial charge is 0.262 e. The number of hydrogen-bond acceptors (Lipinski definition) is 3. The molecule has 0 saturated heterocycles. The van der Waals surface area contributed by atoms with Crippen molar-refractivity contribution in [3.05, 3.63) is 53.0 Å². The first-order valence-electron chi connectivity index (χ1n) is 6.45. The third-order valence-corrected chi connectivity index (χ3v) is 6.09. The van der Waals surface area contributed by atoms with Gasteiger partial charge in [-0.15, -0.1) is 0 Å². The number of halogens is 1. The van der Waals surface area contributed by atoms with Gasteiger partial charge in [0.25, 0.3) is 10.1 Å². The lowest BCUT2D eigenvalue weighted by Crippen LogP contribution is -2.26. The van der Waals surface area contributed by atoms with E-state index in [2.05, 4.69) is 29.1 Å². The predicted molar refractivity (Wildman–Crippen MR) is 80.7 cm³/mol. The number of fused-ring (bicyclic) bond motifs is 2. The fourth-order valence-electron chi connectivity index (χ4n) is 3.08. The Balaban J connectivity index is 1.80. The van der Waals surface area contributed by atoms with Crippen molar-refractivity contribution in [2.45, 2.75) is 23.8 Å². The molecule has 1 aromatic carbocycles. The maximum Gasteiger partial charge on any atom is 0.297 e. The van der Waals surface area contributed by atoms with Gasteiger partial charge in [0.15, 0.2) is 0 Å². The highest BCUT2D eigenvalue weighted by atomic mass is 79.9. The lowest BCUT2D eigenvalue weighted by molar-refractivity contribution is 0.176. The van der Waals surface area contributed by atoms with Gasteiger partial charge in [-0.2, -0.15) is 8.42 Å². The van der Waals surface area contributed by atoms with Gasteiger partial charge >= 0.3 is 0 Å². The van der Waals surface area contributed by atoms with Crippen LogP contribution in [0.4, 0.5) is 0 Å². The zero-order valence-corrected chi connectivity index (χ0v) is 13.3. The molecule has 2 fully saturated rings. The molecule has 0 radical (unpaired) electrons. The Morgan fingerprint density at radius 3 is 2.30 bits per heavy atom. The Hall–Kier alpha value is -0.910. The van der Waals surface area contributed by atoms with Gasteiger partial charge in [0.05, 0.1) is 11.0 Å². The van der Waals surface area contributed by atoms with Crippen molar-refractivity contribution < 1.29 is 12.6 Å². The standard InChI is InChI=1S/C15H15BrO3S/c1-9-10(2)14-7-11(9)8-15(14)19-20(17,18)13-5-3-12(16)4-6-13/h3-6,11,14-15H,1-2,7-8H2/t11-,14-,15-/m0/s1. The van der Waals surface area contributed by atoms with Crippen LogP contribution in [0.1, 0.15) is 12.8 Å². The molecule has 2 aliphatic carbocycles. The molecule has 0 N–H and O–H groups in total. The van der Waals surface area contributed by atoms with Crippen molar-refractivity contribution in [3.8, 4) is 0 Å². The van der Waals surface area contributed by atoms with Crippen LogP contribution < -0.4 is 0 Å². The summed E-state index contributed by atoms with van der Waals surface area (Å²) in [6, 6.07) is 6.47. The molecule has 2 aliphatic rings. The fraction of sp³-hybridized carbons (Fsp3) is 0.333. The summed E-state index contributed by atoms with van der Waals surface area (Å²) in [7, 11) is -3.72. The Morgan fingerprint density at radius 2 is 1.75 bits per heavy atom. The molecule has 0 aliphatic heterocycles. The van der Waals surface area contributed by atoms with Gasteiger partial charge in [0.1, 0.15) is 0 Å². The second-order valence-corrected chi connectivity index (χ2v) is 7.86. The van der Waals surface area contributed by atoms with E-state index < -0.39 is 10.1 Å². The molecule has 0 aromatic heterocycles. The average molecular weight is 355 g/mol. The molecular formula is C15H15BrO3S. The van der Waals surface area contributed by atoms with Crippen molar-refractivity contribution in [3.63, 3.8) is 0 Å². The van der Waals surface area contributed by atoms with E-state index in [9.17, 15) is 8.42 Å². The van der Waals surface area contributed by atoms with Crippen molar-refractivity contribution in [2.75, 3.05) is 0 Å². The minimum atomic E-state index is -3.72. The van der Waals surface area contributed by atoms with Gasteiger partial charge in [-0.05, 0) is 54.2 Å². The number of benzene rings is 1.